The van der Waals surface area contributed by atoms with Crippen LogP contribution in [0.25, 0.3) is 11.3 Å². The predicted molar refractivity (Wildman–Crippen MR) is 161 cm³/mol. The van der Waals surface area contributed by atoms with Gasteiger partial charge in [0.15, 0.2) is 11.5 Å². The van der Waals surface area contributed by atoms with Crippen molar-refractivity contribution in [1.29, 1.82) is 0 Å². The summed E-state index contributed by atoms with van der Waals surface area (Å²) in [6.07, 6.45) is 1.87. The summed E-state index contributed by atoms with van der Waals surface area (Å²) in [4.78, 5) is 22.3. The zero-order valence-electron chi connectivity index (χ0n) is 23.5. The predicted octanol–water partition coefficient (Wildman–Crippen LogP) is 7.42. The summed E-state index contributed by atoms with van der Waals surface area (Å²) in [5.74, 6) is 7.24. The molecule has 0 atom stereocenters. The highest BCUT2D eigenvalue weighted by molar-refractivity contribution is 6.74. The van der Waals surface area contributed by atoms with Crippen LogP contribution in [0.1, 0.15) is 43.2 Å². The second-order valence-electron chi connectivity index (χ2n) is 11.2. The Bertz CT molecular complexity index is 1500. The number of aromatic nitrogens is 2. The highest BCUT2D eigenvalue weighted by Gasteiger charge is 2.38. The molecule has 198 valence electrons. The second-order valence-corrected chi connectivity index (χ2v) is 15.9. The van der Waals surface area contributed by atoms with Crippen LogP contribution in [0.3, 0.4) is 0 Å². The van der Waals surface area contributed by atoms with Crippen molar-refractivity contribution >= 4 is 20.0 Å². The lowest BCUT2D eigenvalue weighted by atomic mass is 10.1. The number of rotatable bonds is 6. The lowest BCUT2D eigenvalue weighted by Crippen LogP contribution is -2.43. The van der Waals surface area contributed by atoms with E-state index in [0.29, 0.717) is 17.2 Å². The average molecular weight is 534 g/mol. The van der Waals surface area contributed by atoms with Crippen molar-refractivity contribution in [3.8, 4) is 28.8 Å². The van der Waals surface area contributed by atoms with Gasteiger partial charge in [0.05, 0.1) is 18.3 Å². The van der Waals surface area contributed by atoms with Crippen LogP contribution in [-0.4, -0.2) is 24.2 Å². The van der Waals surface area contributed by atoms with Crippen molar-refractivity contribution in [2.75, 3.05) is 5.32 Å². The fourth-order valence-electron chi connectivity index (χ4n) is 3.57. The quantitative estimate of drug-likeness (QED) is 0.207. The first kappa shape index (κ1) is 27.8. The monoisotopic (exact) mass is 533 g/mol. The molecule has 0 unspecified atom stereocenters. The van der Waals surface area contributed by atoms with Gasteiger partial charge in [0.1, 0.15) is 5.75 Å². The lowest BCUT2D eigenvalue weighted by Gasteiger charge is -2.36. The normalized spacial score (nSPS) is 11.3. The Balaban J connectivity index is 1.53. The first-order valence-electron chi connectivity index (χ1n) is 13.1. The largest absolute Gasteiger partial charge is 0.544 e. The summed E-state index contributed by atoms with van der Waals surface area (Å²) in [6, 6.07) is 25.5. The molecular weight excluding hydrogens is 498 g/mol. The van der Waals surface area contributed by atoms with Gasteiger partial charge in [0.2, 0.25) is 14.2 Å². The summed E-state index contributed by atoms with van der Waals surface area (Å²) >= 11 is 0. The summed E-state index contributed by atoms with van der Waals surface area (Å²) in [6.45, 7) is 13.1. The van der Waals surface area contributed by atoms with Gasteiger partial charge in [0.25, 0.3) is 0 Å². The van der Waals surface area contributed by atoms with E-state index in [0.717, 1.165) is 22.4 Å². The van der Waals surface area contributed by atoms with Gasteiger partial charge in [-0.1, -0.05) is 86.9 Å². The zero-order chi connectivity index (χ0) is 28.0. The molecule has 0 bridgehead atoms. The summed E-state index contributed by atoms with van der Waals surface area (Å²) in [5.41, 5.74) is 4.97. The number of nitrogens with zero attached hydrogens (tertiary/aromatic N) is 2. The third-order valence-electron chi connectivity index (χ3n) is 6.94. The van der Waals surface area contributed by atoms with Crippen molar-refractivity contribution in [2.45, 2.75) is 52.2 Å². The first-order valence-corrected chi connectivity index (χ1v) is 16.0. The standard InChI is InChI=1S/C33H35N3O2Si/c1-24-12-17-27(18-13-24)30-23-34-32(29(35-30)21-16-25-10-8-7-9-11-25)36-31(37)22-26-14-19-28(20-15-26)38-39(5,6)33(2,3)4/h7-15,17-20,23H,22H2,1-6H3,(H,34,36,37). The third kappa shape index (κ3) is 7.43. The third-order valence-corrected chi connectivity index (χ3v) is 11.3. The van der Waals surface area contributed by atoms with Crippen LogP contribution in [0.2, 0.25) is 18.1 Å². The van der Waals surface area contributed by atoms with Gasteiger partial charge in [-0.25, -0.2) is 9.97 Å². The fourth-order valence-corrected chi connectivity index (χ4v) is 4.60. The molecule has 0 aliphatic carbocycles. The van der Waals surface area contributed by atoms with Gasteiger partial charge in [-0.3, -0.25) is 4.79 Å². The molecule has 0 saturated carbocycles. The number of hydrogen-bond acceptors (Lipinski definition) is 4. The summed E-state index contributed by atoms with van der Waals surface area (Å²) in [7, 11) is -1.92. The topological polar surface area (TPSA) is 64.1 Å². The number of benzene rings is 3. The number of aryl methyl sites for hydroxylation is 1. The molecule has 6 heteroatoms. The number of anilines is 1. The molecule has 0 fully saturated rings. The minimum atomic E-state index is -1.92. The molecule has 1 heterocycles. The Labute approximate surface area is 232 Å². The van der Waals surface area contributed by atoms with Crippen LogP contribution >= 0.6 is 0 Å². The number of nitrogens with one attached hydrogen (secondary N) is 1. The minimum absolute atomic E-state index is 0.114. The molecule has 0 radical (unpaired) electrons. The molecule has 0 spiro atoms. The second kappa shape index (κ2) is 11.7. The number of hydrogen-bond donors (Lipinski definition) is 1. The molecule has 4 aromatic rings. The summed E-state index contributed by atoms with van der Waals surface area (Å²) in [5, 5.41) is 3.03. The van der Waals surface area contributed by atoms with E-state index in [1.807, 2.05) is 85.8 Å². The molecule has 1 N–H and O–H groups in total. The van der Waals surface area contributed by atoms with Gasteiger partial charge < -0.3 is 9.74 Å². The van der Waals surface area contributed by atoms with E-state index < -0.39 is 8.32 Å². The van der Waals surface area contributed by atoms with E-state index in [9.17, 15) is 4.79 Å². The van der Waals surface area contributed by atoms with Crippen molar-refractivity contribution in [1.82, 2.24) is 9.97 Å². The van der Waals surface area contributed by atoms with Crippen LogP contribution < -0.4 is 9.74 Å². The molecule has 0 saturated heterocycles. The van der Waals surface area contributed by atoms with Crippen molar-refractivity contribution < 1.29 is 9.22 Å². The Kier molecular flexibility index (Phi) is 8.32. The maximum absolute atomic E-state index is 13.0. The van der Waals surface area contributed by atoms with Crippen molar-refractivity contribution in [3.05, 3.63) is 107 Å². The van der Waals surface area contributed by atoms with Crippen molar-refractivity contribution in [3.63, 3.8) is 0 Å². The Hall–Kier alpha value is -4.21. The van der Waals surface area contributed by atoms with Gasteiger partial charge in [0, 0.05) is 11.1 Å². The smallest absolute Gasteiger partial charge is 0.250 e. The minimum Gasteiger partial charge on any atom is -0.544 e. The van der Waals surface area contributed by atoms with E-state index in [1.54, 1.807) is 6.20 Å². The molecule has 0 aliphatic heterocycles. The molecule has 4 rings (SSSR count). The number of amides is 1. The Morgan fingerprint density at radius 2 is 1.59 bits per heavy atom. The van der Waals surface area contributed by atoms with E-state index in [2.05, 4.69) is 56.0 Å². The van der Waals surface area contributed by atoms with Gasteiger partial charge in [-0.05, 0) is 60.8 Å². The van der Waals surface area contributed by atoms with Gasteiger partial charge >= 0.3 is 0 Å². The highest BCUT2D eigenvalue weighted by atomic mass is 28.4. The van der Waals surface area contributed by atoms with Crippen LogP contribution in [0, 0.1) is 18.8 Å². The van der Waals surface area contributed by atoms with Gasteiger partial charge in [-0.2, -0.15) is 0 Å². The zero-order valence-corrected chi connectivity index (χ0v) is 24.5. The molecule has 39 heavy (non-hydrogen) atoms. The molecular formula is C33H35N3O2Si. The van der Waals surface area contributed by atoms with Crippen LogP contribution in [0.15, 0.2) is 85.1 Å². The van der Waals surface area contributed by atoms with E-state index >= 15 is 0 Å². The number of carbonyl (C=O) groups excluding carboxylic acids is 1. The Morgan fingerprint density at radius 3 is 2.23 bits per heavy atom. The average Bonchev–Trinajstić information content (AvgIpc) is 2.89. The molecule has 1 aromatic heterocycles. The van der Waals surface area contributed by atoms with Crippen LogP contribution in [-0.2, 0) is 11.2 Å². The van der Waals surface area contributed by atoms with Gasteiger partial charge in [-0.15, -0.1) is 0 Å². The molecule has 5 nitrogen and oxygen atoms in total. The summed E-state index contributed by atoms with van der Waals surface area (Å²) < 4.78 is 6.36. The fraction of sp³-hybridized carbons (Fsp3) is 0.242. The first-order chi connectivity index (χ1) is 18.5. The maximum Gasteiger partial charge on any atom is 0.250 e. The highest BCUT2D eigenvalue weighted by Crippen LogP contribution is 2.37. The van der Waals surface area contributed by atoms with Crippen LogP contribution in [0.5, 0.6) is 5.75 Å². The van der Waals surface area contributed by atoms with E-state index in [1.165, 1.54) is 5.56 Å². The van der Waals surface area contributed by atoms with E-state index in [-0.39, 0.29) is 17.4 Å². The van der Waals surface area contributed by atoms with E-state index in [4.69, 9.17) is 9.41 Å². The Morgan fingerprint density at radius 1 is 0.923 bits per heavy atom. The lowest BCUT2D eigenvalue weighted by molar-refractivity contribution is -0.115. The number of carbonyl (C=O) groups is 1. The maximum atomic E-state index is 13.0. The molecule has 3 aromatic carbocycles. The van der Waals surface area contributed by atoms with Crippen molar-refractivity contribution in [2.24, 2.45) is 0 Å². The SMILES string of the molecule is Cc1ccc(-c2cnc(NC(=O)Cc3ccc(O[Si](C)(C)C(C)(C)C)cc3)c(C#Cc3ccccc3)n2)cc1. The molecule has 0 aliphatic rings. The molecule has 1 amide bonds. The van der Waals surface area contributed by atoms with Crippen LogP contribution in [0.4, 0.5) is 5.82 Å².